The van der Waals surface area contributed by atoms with Crippen LogP contribution < -0.4 is 10.7 Å². The summed E-state index contributed by atoms with van der Waals surface area (Å²) < 4.78 is 0. The Labute approximate surface area is 173 Å². The summed E-state index contributed by atoms with van der Waals surface area (Å²) in [5, 5.41) is 13.3. The van der Waals surface area contributed by atoms with Gasteiger partial charge in [-0.25, -0.2) is 9.80 Å². The number of pyridine rings is 1. The van der Waals surface area contributed by atoms with Gasteiger partial charge in [0.05, 0.1) is 22.9 Å². The van der Waals surface area contributed by atoms with Crippen LogP contribution in [-0.4, -0.2) is 63.0 Å². The van der Waals surface area contributed by atoms with E-state index in [9.17, 15) is 19.5 Å². The van der Waals surface area contributed by atoms with Gasteiger partial charge in [0.1, 0.15) is 0 Å². The highest BCUT2D eigenvalue weighted by Crippen LogP contribution is 2.28. The summed E-state index contributed by atoms with van der Waals surface area (Å²) in [6.07, 6.45) is 3.86. The monoisotopic (exact) mass is 427 g/mol. The highest BCUT2D eigenvalue weighted by atomic mass is 35.5. The van der Waals surface area contributed by atoms with E-state index in [-0.39, 0.29) is 16.8 Å². The van der Waals surface area contributed by atoms with E-state index in [2.05, 4.69) is 15.7 Å². The van der Waals surface area contributed by atoms with E-state index in [0.717, 1.165) is 5.01 Å². The standard InChI is InChI=1S/C17H22ClN5O4S/c1-22(2)16(25)10-4-3-5-13(6-10)23(17(26)27)21-15(28)14(24)20-12-7-11(18)8-19-9-12/h7-10,13H,3-6H2,1-2H3,(H,20,24)(H,21,28)(H,26,27)/t10-,13?/m0/s1. The maximum absolute atomic E-state index is 12.3. The molecule has 2 rings (SSSR count). The van der Waals surface area contributed by atoms with Gasteiger partial charge in [-0.1, -0.05) is 30.2 Å². The van der Waals surface area contributed by atoms with E-state index in [1.807, 2.05) is 0 Å². The Kier molecular flexibility index (Phi) is 7.53. The molecule has 1 saturated carbocycles. The highest BCUT2D eigenvalue weighted by Gasteiger charge is 2.34. The Hall–Kier alpha value is -2.46. The molecule has 1 aliphatic rings. The van der Waals surface area contributed by atoms with Crippen molar-refractivity contribution in [2.24, 2.45) is 5.92 Å². The van der Waals surface area contributed by atoms with E-state index in [1.54, 1.807) is 14.1 Å². The molecule has 1 aromatic rings. The fourth-order valence-electron chi connectivity index (χ4n) is 3.11. The first-order valence-corrected chi connectivity index (χ1v) is 9.43. The molecule has 9 nitrogen and oxygen atoms in total. The fourth-order valence-corrected chi connectivity index (χ4v) is 3.43. The number of amides is 3. The van der Waals surface area contributed by atoms with E-state index in [4.69, 9.17) is 23.8 Å². The third-order valence-electron chi connectivity index (χ3n) is 4.40. The lowest BCUT2D eigenvalue weighted by Gasteiger charge is -2.36. The fraction of sp³-hybridized carbons (Fsp3) is 0.471. The van der Waals surface area contributed by atoms with Crippen LogP contribution in [0.15, 0.2) is 18.5 Å². The number of halogens is 1. The van der Waals surface area contributed by atoms with Crippen molar-refractivity contribution in [1.29, 1.82) is 0 Å². The van der Waals surface area contributed by atoms with Crippen LogP contribution in [0.25, 0.3) is 0 Å². The summed E-state index contributed by atoms with van der Waals surface area (Å²) in [7, 11) is 3.34. The summed E-state index contributed by atoms with van der Waals surface area (Å²) in [5.41, 5.74) is 2.82. The molecule has 1 aliphatic carbocycles. The summed E-state index contributed by atoms with van der Waals surface area (Å²) in [6.45, 7) is 0. The largest absolute Gasteiger partial charge is 0.464 e. The third kappa shape index (κ3) is 5.77. The van der Waals surface area contributed by atoms with Crippen molar-refractivity contribution in [1.82, 2.24) is 20.3 Å². The smallest absolute Gasteiger partial charge is 0.426 e. The van der Waals surface area contributed by atoms with Crippen LogP contribution in [0.5, 0.6) is 0 Å². The number of rotatable bonds is 3. The number of thiocarbonyl (C=S) groups is 1. The molecule has 0 spiro atoms. The molecule has 0 saturated heterocycles. The Balaban J connectivity index is 2.03. The average Bonchev–Trinajstić information content (AvgIpc) is 2.65. The second-order valence-corrected chi connectivity index (χ2v) is 7.53. The van der Waals surface area contributed by atoms with Gasteiger partial charge in [0.2, 0.25) is 5.91 Å². The zero-order valence-electron chi connectivity index (χ0n) is 15.5. The minimum absolute atomic E-state index is 0.0381. The lowest BCUT2D eigenvalue weighted by Crippen LogP contribution is -2.55. The summed E-state index contributed by atoms with van der Waals surface area (Å²) in [4.78, 5) is 41.2. The minimum atomic E-state index is -1.28. The van der Waals surface area contributed by atoms with Crippen LogP contribution in [0.2, 0.25) is 5.02 Å². The van der Waals surface area contributed by atoms with Gasteiger partial charge in [-0.2, -0.15) is 0 Å². The third-order valence-corrected chi connectivity index (χ3v) is 4.88. The van der Waals surface area contributed by atoms with Crippen molar-refractivity contribution in [3.63, 3.8) is 0 Å². The molecule has 3 N–H and O–H groups in total. The highest BCUT2D eigenvalue weighted by molar-refractivity contribution is 7.82. The zero-order chi connectivity index (χ0) is 20.8. The number of anilines is 1. The Morgan fingerprint density at radius 3 is 2.61 bits per heavy atom. The predicted molar refractivity (Wildman–Crippen MR) is 108 cm³/mol. The number of nitrogens with one attached hydrogen (secondary N) is 2. The van der Waals surface area contributed by atoms with Crippen molar-refractivity contribution in [2.45, 2.75) is 31.7 Å². The summed E-state index contributed by atoms with van der Waals surface area (Å²) >= 11 is 10.9. The maximum Gasteiger partial charge on any atom is 0.426 e. The van der Waals surface area contributed by atoms with Crippen molar-refractivity contribution in [2.75, 3.05) is 19.4 Å². The summed E-state index contributed by atoms with van der Waals surface area (Å²) in [6, 6.07) is 1.02. The molecule has 11 heteroatoms. The van der Waals surface area contributed by atoms with Crippen molar-refractivity contribution in [3.8, 4) is 0 Å². The topological polar surface area (TPSA) is 115 Å². The molecule has 28 heavy (non-hydrogen) atoms. The summed E-state index contributed by atoms with van der Waals surface area (Å²) in [5.74, 6) is -0.997. The van der Waals surface area contributed by atoms with Gasteiger partial charge in [0.25, 0.3) is 5.91 Å². The first-order valence-electron chi connectivity index (χ1n) is 8.65. The molecule has 1 fully saturated rings. The quantitative estimate of drug-likeness (QED) is 0.500. The van der Waals surface area contributed by atoms with Crippen molar-refractivity contribution >= 4 is 52.4 Å². The van der Waals surface area contributed by atoms with Gasteiger partial charge >= 0.3 is 6.09 Å². The van der Waals surface area contributed by atoms with E-state index in [0.29, 0.717) is 36.4 Å². The molecule has 1 unspecified atom stereocenters. The molecular formula is C17H22ClN5O4S. The van der Waals surface area contributed by atoms with Crippen LogP contribution in [0, 0.1) is 5.92 Å². The van der Waals surface area contributed by atoms with Gasteiger partial charge in [0, 0.05) is 26.2 Å². The van der Waals surface area contributed by atoms with Gasteiger partial charge < -0.3 is 15.3 Å². The van der Waals surface area contributed by atoms with E-state index < -0.39 is 18.0 Å². The molecule has 3 amide bonds. The molecule has 2 atom stereocenters. The number of nitrogens with zero attached hydrogens (tertiary/aromatic N) is 3. The second kappa shape index (κ2) is 9.65. The number of carbonyl (C=O) groups excluding carboxylic acids is 2. The number of hydrazine groups is 1. The minimum Gasteiger partial charge on any atom is -0.464 e. The lowest BCUT2D eigenvalue weighted by molar-refractivity contribution is -0.134. The number of hydrogen-bond acceptors (Lipinski definition) is 5. The second-order valence-electron chi connectivity index (χ2n) is 6.69. The van der Waals surface area contributed by atoms with Crippen LogP contribution in [0.1, 0.15) is 25.7 Å². The maximum atomic E-state index is 12.3. The van der Waals surface area contributed by atoms with Crippen LogP contribution >= 0.6 is 23.8 Å². The van der Waals surface area contributed by atoms with Crippen molar-refractivity contribution in [3.05, 3.63) is 23.5 Å². The number of aromatic nitrogens is 1. The predicted octanol–water partition coefficient (Wildman–Crippen LogP) is 2.13. The van der Waals surface area contributed by atoms with E-state index >= 15 is 0 Å². The Morgan fingerprint density at radius 1 is 1.29 bits per heavy atom. The zero-order valence-corrected chi connectivity index (χ0v) is 17.1. The normalized spacial score (nSPS) is 18.7. The van der Waals surface area contributed by atoms with E-state index in [1.165, 1.54) is 23.4 Å². The molecule has 0 bridgehead atoms. The Morgan fingerprint density at radius 2 is 2.00 bits per heavy atom. The van der Waals surface area contributed by atoms with Gasteiger partial charge in [-0.15, -0.1) is 0 Å². The number of hydrogen-bond donors (Lipinski definition) is 3. The SMILES string of the molecule is CN(C)C(=O)[C@H]1CCCC(N(NC(=S)C(=O)Nc2cncc(Cl)c2)C(=O)O)C1. The van der Waals surface area contributed by atoms with Crippen LogP contribution in [-0.2, 0) is 9.59 Å². The molecule has 1 aromatic heterocycles. The number of carboxylic acid groups (broad SMARTS) is 1. The Bertz CT molecular complexity index is 776. The molecule has 1 heterocycles. The molecule has 0 radical (unpaired) electrons. The molecular weight excluding hydrogens is 406 g/mol. The van der Waals surface area contributed by atoms with Crippen molar-refractivity contribution < 1.29 is 19.5 Å². The first-order chi connectivity index (χ1) is 13.2. The van der Waals surface area contributed by atoms with Gasteiger partial charge in [0.15, 0.2) is 4.99 Å². The lowest BCUT2D eigenvalue weighted by atomic mass is 9.84. The van der Waals surface area contributed by atoms with Crippen LogP contribution in [0.3, 0.4) is 0 Å². The molecule has 0 aromatic carbocycles. The average molecular weight is 428 g/mol. The molecule has 152 valence electrons. The number of carbonyl (C=O) groups is 3. The van der Waals surface area contributed by atoms with Gasteiger partial charge in [-0.3, -0.25) is 20.0 Å². The first kappa shape index (κ1) is 21.8. The van der Waals surface area contributed by atoms with Crippen LogP contribution in [0.4, 0.5) is 10.5 Å². The van der Waals surface area contributed by atoms with Gasteiger partial charge in [-0.05, 0) is 25.3 Å². The molecule has 0 aliphatic heterocycles.